The van der Waals surface area contributed by atoms with Crippen molar-refractivity contribution in [3.05, 3.63) is 54.9 Å². The molecule has 2 heterocycles. The van der Waals surface area contributed by atoms with Crippen molar-refractivity contribution in [2.24, 2.45) is 0 Å². The van der Waals surface area contributed by atoms with Crippen molar-refractivity contribution in [3.63, 3.8) is 0 Å². The van der Waals surface area contributed by atoms with Crippen molar-refractivity contribution in [1.82, 2.24) is 19.7 Å². The molecular weight excluding hydrogens is 358 g/mol. The van der Waals surface area contributed by atoms with Gasteiger partial charge in [0.15, 0.2) is 11.0 Å². The fourth-order valence-electron chi connectivity index (χ4n) is 2.90. The maximum absolute atomic E-state index is 12.7. The number of hydrogen-bond acceptors (Lipinski definition) is 5. The minimum absolute atomic E-state index is 0.0121. The molecule has 7 heteroatoms. The third-order valence-corrected chi connectivity index (χ3v) is 5.77. The van der Waals surface area contributed by atoms with Crippen LogP contribution in [-0.4, -0.2) is 30.9 Å². The molecule has 4 rings (SSSR count). The highest BCUT2D eigenvalue weighted by atomic mass is 32.2. The van der Waals surface area contributed by atoms with Crippen LogP contribution in [0.2, 0.25) is 0 Å². The van der Waals surface area contributed by atoms with Gasteiger partial charge in [0, 0.05) is 29.7 Å². The van der Waals surface area contributed by atoms with Crippen LogP contribution in [0.25, 0.3) is 11.4 Å². The summed E-state index contributed by atoms with van der Waals surface area (Å²) in [6, 6.07) is 13.8. The van der Waals surface area contributed by atoms with Crippen LogP contribution in [-0.2, 0) is 4.79 Å². The molecule has 0 saturated heterocycles. The van der Waals surface area contributed by atoms with E-state index in [0.29, 0.717) is 12.5 Å². The third kappa shape index (κ3) is 4.03. The van der Waals surface area contributed by atoms with Crippen molar-refractivity contribution in [1.29, 1.82) is 0 Å². The summed E-state index contributed by atoms with van der Waals surface area (Å²) in [5.74, 6) is 0.813. The molecule has 3 aromatic rings. The van der Waals surface area contributed by atoms with Crippen molar-refractivity contribution in [3.8, 4) is 11.4 Å². The Labute approximate surface area is 162 Å². The van der Waals surface area contributed by atoms with Crippen LogP contribution in [0.3, 0.4) is 0 Å². The first kappa shape index (κ1) is 17.7. The van der Waals surface area contributed by atoms with Gasteiger partial charge in [-0.2, -0.15) is 0 Å². The Morgan fingerprint density at radius 3 is 2.70 bits per heavy atom. The number of aromatic nitrogens is 4. The van der Waals surface area contributed by atoms with Crippen molar-refractivity contribution < 1.29 is 4.79 Å². The van der Waals surface area contributed by atoms with E-state index in [1.54, 1.807) is 12.4 Å². The molecule has 0 radical (unpaired) electrons. The van der Waals surface area contributed by atoms with E-state index >= 15 is 0 Å². The molecule has 1 aliphatic carbocycles. The van der Waals surface area contributed by atoms with Crippen LogP contribution in [0, 0.1) is 0 Å². The standard InChI is InChI=1S/C20H21N5OS/c1-2-17(19(26)22-15-8-4-3-5-9-15)27-20-24-23-18(25(20)16-10-11-16)14-7-6-12-21-13-14/h3-9,12-13,16-17H,2,10-11H2,1H3,(H,22,26). The molecule has 0 aliphatic heterocycles. The Morgan fingerprint density at radius 2 is 2.04 bits per heavy atom. The summed E-state index contributed by atoms with van der Waals surface area (Å²) in [5.41, 5.74) is 1.76. The Balaban J connectivity index is 1.56. The average molecular weight is 379 g/mol. The van der Waals surface area contributed by atoms with Gasteiger partial charge in [0.25, 0.3) is 0 Å². The van der Waals surface area contributed by atoms with Crippen LogP contribution in [0.4, 0.5) is 5.69 Å². The van der Waals surface area contributed by atoms with E-state index in [0.717, 1.165) is 35.1 Å². The molecule has 0 spiro atoms. The number of hydrogen-bond donors (Lipinski definition) is 1. The molecule has 1 aliphatic rings. The van der Waals surface area contributed by atoms with E-state index in [1.807, 2.05) is 49.4 Å². The second kappa shape index (κ2) is 7.92. The number of benzene rings is 1. The lowest BCUT2D eigenvalue weighted by atomic mass is 10.3. The summed E-state index contributed by atoms with van der Waals surface area (Å²) in [6.07, 6.45) is 6.50. The first-order valence-corrected chi connectivity index (χ1v) is 10.0. The topological polar surface area (TPSA) is 72.7 Å². The predicted molar refractivity (Wildman–Crippen MR) is 107 cm³/mol. The lowest BCUT2D eigenvalue weighted by Gasteiger charge is -2.15. The Bertz CT molecular complexity index is 909. The van der Waals surface area contributed by atoms with Gasteiger partial charge in [0.2, 0.25) is 5.91 Å². The fourth-order valence-corrected chi connectivity index (χ4v) is 3.93. The molecule has 1 saturated carbocycles. The van der Waals surface area contributed by atoms with Crippen LogP contribution < -0.4 is 5.32 Å². The van der Waals surface area contributed by atoms with Gasteiger partial charge in [-0.25, -0.2) is 0 Å². The van der Waals surface area contributed by atoms with E-state index < -0.39 is 0 Å². The second-order valence-electron chi connectivity index (χ2n) is 6.52. The molecule has 1 amide bonds. The number of rotatable bonds is 7. The van der Waals surface area contributed by atoms with Crippen LogP contribution >= 0.6 is 11.8 Å². The Hall–Kier alpha value is -2.67. The van der Waals surface area contributed by atoms with Gasteiger partial charge in [0.05, 0.1) is 5.25 Å². The summed E-state index contributed by atoms with van der Waals surface area (Å²) >= 11 is 1.48. The van der Waals surface area contributed by atoms with Gasteiger partial charge >= 0.3 is 0 Å². The number of carbonyl (C=O) groups excluding carboxylic acids is 1. The van der Waals surface area contributed by atoms with E-state index in [-0.39, 0.29) is 11.2 Å². The molecule has 1 atom stereocenters. The highest BCUT2D eigenvalue weighted by Crippen LogP contribution is 2.42. The van der Waals surface area contributed by atoms with E-state index in [1.165, 1.54) is 11.8 Å². The molecule has 1 unspecified atom stereocenters. The van der Waals surface area contributed by atoms with E-state index in [9.17, 15) is 4.79 Å². The monoisotopic (exact) mass is 379 g/mol. The van der Waals surface area contributed by atoms with Gasteiger partial charge in [0.1, 0.15) is 0 Å². The number of amides is 1. The maximum atomic E-state index is 12.7. The third-order valence-electron chi connectivity index (χ3n) is 4.45. The molecular formula is C20H21N5OS. The zero-order valence-corrected chi connectivity index (χ0v) is 15.9. The quantitative estimate of drug-likeness (QED) is 0.623. The van der Waals surface area contributed by atoms with Gasteiger partial charge in [-0.1, -0.05) is 36.9 Å². The largest absolute Gasteiger partial charge is 0.325 e. The molecule has 138 valence electrons. The Kier molecular flexibility index (Phi) is 5.20. The number of nitrogens with zero attached hydrogens (tertiary/aromatic N) is 4. The molecule has 1 N–H and O–H groups in total. The van der Waals surface area contributed by atoms with Gasteiger partial charge in [-0.05, 0) is 43.5 Å². The van der Waals surface area contributed by atoms with Gasteiger partial charge in [-0.15, -0.1) is 10.2 Å². The average Bonchev–Trinajstić information content (AvgIpc) is 3.47. The Morgan fingerprint density at radius 1 is 1.22 bits per heavy atom. The number of para-hydroxylation sites is 1. The molecule has 0 bridgehead atoms. The zero-order valence-electron chi connectivity index (χ0n) is 15.1. The molecule has 1 fully saturated rings. The van der Waals surface area contributed by atoms with E-state index in [4.69, 9.17) is 0 Å². The summed E-state index contributed by atoms with van der Waals surface area (Å²) in [6.45, 7) is 2.02. The highest BCUT2D eigenvalue weighted by molar-refractivity contribution is 8.00. The summed E-state index contributed by atoms with van der Waals surface area (Å²) < 4.78 is 2.17. The number of carbonyl (C=O) groups is 1. The first-order valence-electron chi connectivity index (χ1n) is 9.14. The normalized spacial score (nSPS) is 14.7. The predicted octanol–water partition coefficient (Wildman–Crippen LogP) is 4.18. The van der Waals surface area contributed by atoms with Crippen molar-refractivity contribution >= 4 is 23.4 Å². The van der Waals surface area contributed by atoms with Crippen molar-refractivity contribution in [2.75, 3.05) is 5.32 Å². The fraction of sp³-hybridized carbons (Fsp3) is 0.300. The molecule has 1 aromatic carbocycles. The number of thioether (sulfide) groups is 1. The number of nitrogens with one attached hydrogen (secondary N) is 1. The number of anilines is 1. The maximum Gasteiger partial charge on any atom is 0.237 e. The lowest BCUT2D eigenvalue weighted by Crippen LogP contribution is -2.25. The van der Waals surface area contributed by atoms with Gasteiger partial charge < -0.3 is 5.32 Å². The van der Waals surface area contributed by atoms with E-state index in [2.05, 4.69) is 25.1 Å². The minimum atomic E-state index is -0.228. The summed E-state index contributed by atoms with van der Waals surface area (Å²) in [4.78, 5) is 16.9. The van der Waals surface area contributed by atoms with Crippen molar-refractivity contribution in [2.45, 2.75) is 42.6 Å². The SMILES string of the molecule is CCC(Sc1nnc(-c2cccnc2)n1C1CC1)C(=O)Nc1ccccc1. The smallest absolute Gasteiger partial charge is 0.237 e. The van der Waals surface area contributed by atoms with Crippen LogP contribution in [0.15, 0.2) is 60.0 Å². The first-order chi connectivity index (χ1) is 13.3. The molecule has 27 heavy (non-hydrogen) atoms. The summed E-state index contributed by atoms with van der Waals surface area (Å²) in [5, 5.41) is 12.4. The lowest BCUT2D eigenvalue weighted by molar-refractivity contribution is -0.115. The molecule has 6 nitrogen and oxygen atoms in total. The molecule has 2 aromatic heterocycles. The zero-order chi connectivity index (χ0) is 18.6. The second-order valence-corrected chi connectivity index (χ2v) is 7.69. The van der Waals surface area contributed by atoms with Crippen LogP contribution in [0.5, 0.6) is 0 Å². The highest BCUT2D eigenvalue weighted by Gasteiger charge is 2.32. The van der Waals surface area contributed by atoms with Crippen LogP contribution in [0.1, 0.15) is 32.2 Å². The minimum Gasteiger partial charge on any atom is -0.325 e. The number of pyridine rings is 1. The summed E-state index contributed by atoms with van der Waals surface area (Å²) in [7, 11) is 0. The van der Waals surface area contributed by atoms with Gasteiger partial charge in [-0.3, -0.25) is 14.3 Å².